The minimum Gasteiger partial charge on any atom is -0.297 e. The largest absolute Gasteiger partial charge is 0.297 e. The Morgan fingerprint density at radius 2 is 2.00 bits per heavy atom. The summed E-state index contributed by atoms with van der Waals surface area (Å²) >= 11 is 1.35. The van der Waals surface area contributed by atoms with Gasteiger partial charge in [-0.15, -0.1) is 11.3 Å². The van der Waals surface area contributed by atoms with E-state index in [1.54, 1.807) is 20.8 Å². The van der Waals surface area contributed by atoms with E-state index in [0.717, 1.165) is 5.56 Å². The Labute approximate surface area is 122 Å². The highest BCUT2D eigenvalue weighted by molar-refractivity contribution is 7.92. The van der Waals surface area contributed by atoms with Crippen LogP contribution in [0.2, 0.25) is 0 Å². The number of thiophene rings is 1. The molecular weight excluding hydrogens is 296 g/mol. The van der Waals surface area contributed by atoms with Crippen LogP contribution in [0.3, 0.4) is 0 Å². The lowest BCUT2D eigenvalue weighted by molar-refractivity contribution is 0.552. The van der Waals surface area contributed by atoms with Gasteiger partial charge in [0.15, 0.2) is 9.84 Å². The summed E-state index contributed by atoms with van der Waals surface area (Å²) in [5, 5.41) is 1.88. The maximum Gasteiger partial charge on any atom is 0.271 e. The number of hydrogen-bond acceptors (Lipinski definition) is 5. The Morgan fingerprint density at radius 1 is 1.35 bits per heavy atom. The van der Waals surface area contributed by atoms with Gasteiger partial charge in [-0.3, -0.25) is 9.36 Å². The van der Waals surface area contributed by atoms with Crippen molar-refractivity contribution in [2.75, 3.05) is 5.75 Å². The van der Waals surface area contributed by atoms with Crippen LogP contribution >= 0.6 is 11.3 Å². The summed E-state index contributed by atoms with van der Waals surface area (Å²) < 4.78 is 25.3. The van der Waals surface area contributed by atoms with Gasteiger partial charge in [0, 0.05) is 6.54 Å². The highest BCUT2D eigenvalue weighted by atomic mass is 32.2. The summed E-state index contributed by atoms with van der Waals surface area (Å²) in [5.74, 6) is -0.0616. The zero-order valence-electron chi connectivity index (χ0n) is 12.0. The molecule has 2 aromatic heterocycles. The van der Waals surface area contributed by atoms with Crippen LogP contribution in [0, 0.1) is 6.92 Å². The predicted octanol–water partition coefficient (Wildman–Crippen LogP) is 1.98. The minimum atomic E-state index is -3.24. The Hall–Kier alpha value is -1.21. The van der Waals surface area contributed by atoms with Crippen LogP contribution in [-0.4, -0.2) is 28.5 Å². The number of aryl methyl sites for hydroxylation is 2. The van der Waals surface area contributed by atoms with Gasteiger partial charge in [0.05, 0.1) is 22.3 Å². The molecule has 110 valence electrons. The molecule has 5 nitrogen and oxygen atoms in total. The molecule has 0 spiro atoms. The third-order valence-corrected chi connectivity index (χ3v) is 6.92. The van der Waals surface area contributed by atoms with Gasteiger partial charge in [-0.1, -0.05) is 0 Å². The fourth-order valence-electron chi connectivity index (χ4n) is 1.74. The molecule has 0 N–H and O–H groups in total. The van der Waals surface area contributed by atoms with Crippen LogP contribution in [-0.2, 0) is 16.4 Å². The molecule has 2 rings (SSSR count). The Morgan fingerprint density at radius 3 is 2.60 bits per heavy atom. The van der Waals surface area contributed by atoms with E-state index in [2.05, 4.69) is 4.98 Å². The molecule has 0 aromatic carbocycles. The van der Waals surface area contributed by atoms with E-state index in [9.17, 15) is 13.2 Å². The fraction of sp³-hybridized carbons (Fsp3) is 0.538. The first-order valence-electron chi connectivity index (χ1n) is 6.29. The second kappa shape index (κ2) is 4.96. The maximum absolute atomic E-state index is 12.2. The molecule has 0 atom stereocenters. The molecule has 0 amide bonds. The van der Waals surface area contributed by atoms with E-state index in [0.29, 0.717) is 10.2 Å². The Balaban J connectivity index is 2.32. The summed E-state index contributed by atoms with van der Waals surface area (Å²) in [6.07, 6.45) is 1.43. The van der Waals surface area contributed by atoms with Crippen molar-refractivity contribution in [3.63, 3.8) is 0 Å². The van der Waals surface area contributed by atoms with Gasteiger partial charge in [-0.2, -0.15) is 0 Å². The molecule has 2 aromatic rings. The second-order valence-corrected chi connectivity index (χ2v) is 9.51. The zero-order chi connectivity index (χ0) is 15.1. The lowest BCUT2D eigenvalue weighted by Crippen LogP contribution is -2.33. The van der Waals surface area contributed by atoms with Crippen LogP contribution in [0.1, 0.15) is 26.3 Å². The van der Waals surface area contributed by atoms with Crippen LogP contribution in [0.5, 0.6) is 0 Å². The Kier molecular flexibility index (Phi) is 3.77. The van der Waals surface area contributed by atoms with Crippen LogP contribution in [0.15, 0.2) is 16.5 Å². The van der Waals surface area contributed by atoms with Crippen LogP contribution < -0.4 is 5.56 Å². The van der Waals surface area contributed by atoms with Gasteiger partial charge in [0.25, 0.3) is 5.56 Å². The lowest BCUT2D eigenvalue weighted by atomic mass is 10.3. The van der Waals surface area contributed by atoms with Gasteiger partial charge >= 0.3 is 0 Å². The molecule has 0 radical (unpaired) electrons. The zero-order valence-corrected chi connectivity index (χ0v) is 13.6. The van der Waals surface area contributed by atoms with Gasteiger partial charge in [0.1, 0.15) is 4.70 Å². The molecular formula is C13H18N2O3S2. The van der Waals surface area contributed by atoms with Crippen LogP contribution in [0.4, 0.5) is 0 Å². The number of hydrogen-bond donors (Lipinski definition) is 0. The summed E-state index contributed by atoms with van der Waals surface area (Å²) in [6, 6.07) is 0. The highest BCUT2D eigenvalue weighted by Gasteiger charge is 2.28. The second-order valence-electron chi connectivity index (χ2n) is 5.77. The number of fused-ring (bicyclic) bond motifs is 1. The maximum atomic E-state index is 12.2. The molecule has 0 bridgehead atoms. The molecule has 0 aliphatic rings. The van der Waals surface area contributed by atoms with Crippen molar-refractivity contribution in [3.8, 4) is 0 Å². The summed E-state index contributed by atoms with van der Waals surface area (Å²) in [5.41, 5.74) is 1.50. The molecule has 0 aliphatic carbocycles. The SMILES string of the molecule is Cc1csc2c(=O)n(CCS(=O)(=O)C(C)(C)C)cnc12. The standard InChI is InChI=1S/C13H18N2O3S2/c1-9-7-19-11-10(9)14-8-15(12(11)16)5-6-20(17,18)13(2,3)4/h7-8H,5-6H2,1-4H3. The molecule has 0 aliphatic heterocycles. The van der Waals surface area contributed by atoms with Crippen molar-refractivity contribution < 1.29 is 8.42 Å². The van der Waals surface area contributed by atoms with Gasteiger partial charge in [0.2, 0.25) is 0 Å². The molecule has 0 saturated heterocycles. The molecule has 20 heavy (non-hydrogen) atoms. The average molecular weight is 314 g/mol. The third-order valence-electron chi connectivity index (χ3n) is 3.26. The average Bonchev–Trinajstić information content (AvgIpc) is 2.70. The quantitative estimate of drug-likeness (QED) is 0.868. The smallest absolute Gasteiger partial charge is 0.271 e. The van der Waals surface area contributed by atoms with E-state index in [1.807, 2.05) is 12.3 Å². The fourth-order valence-corrected chi connectivity index (χ4v) is 3.74. The molecule has 0 fully saturated rings. The number of rotatable bonds is 3. The first-order valence-corrected chi connectivity index (χ1v) is 8.82. The summed E-state index contributed by atoms with van der Waals surface area (Å²) in [4.78, 5) is 16.5. The van der Waals surface area contributed by atoms with Gasteiger partial charge in [-0.25, -0.2) is 13.4 Å². The van der Waals surface area contributed by atoms with E-state index < -0.39 is 14.6 Å². The van der Waals surface area contributed by atoms with E-state index in [4.69, 9.17) is 0 Å². The van der Waals surface area contributed by atoms with Crippen molar-refractivity contribution in [1.82, 2.24) is 9.55 Å². The first kappa shape index (κ1) is 15.2. The number of sulfone groups is 1. The molecule has 0 saturated carbocycles. The predicted molar refractivity (Wildman–Crippen MR) is 82.2 cm³/mol. The minimum absolute atomic E-state index is 0.0616. The van der Waals surface area contributed by atoms with E-state index >= 15 is 0 Å². The van der Waals surface area contributed by atoms with Crippen molar-refractivity contribution in [3.05, 3.63) is 27.6 Å². The van der Waals surface area contributed by atoms with Crippen molar-refractivity contribution >= 4 is 31.4 Å². The molecule has 0 unspecified atom stereocenters. The normalized spacial score (nSPS) is 13.0. The summed E-state index contributed by atoms with van der Waals surface area (Å²) in [7, 11) is -3.24. The summed E-state index contributed by atoms with van der Waals surface area (Å²) in [6.45, 7) is 7.03. The Bertz CT molecular complexity index is 795. The van der Waals surface area contributed by atoms with E-state index in [-0.39, 0.29) is 17.9 Å². The number of nitrogens with zero attached hydrogens (tertiary/aromatic N) is 2. The van der Waals surface area contributed by atoms with Crippen LogP contribution in [0.25, 0.3) is 10.2 Å². The lowest BCUT2D eigenvalue weighted by Gasteiger charge is -2.19. The monoisotopic (exact) mass is 314 g/mol. The number of aromatic nitrogens is 2. The van der Waals surface area contributed by atoms with Crippen molar-refractivity contribution in [2.24, 2.45) is 0 Å². The third kappa shape index (κ3) is 2.64. The topological polar surface area (TPSA) is 69.0 Å². The molecule has 2 heterocycles. The van der Waals surface area contributed by atoms with E-state index in [1.165, 1.54) is 22.2 Å². The van der Waals surface area contributed by atoms with Crippen molar-refractivity contribution in [1.29, 1.82) is 0 Å². The molecule has 7 heteroatoms. The first-order chi connectivity index (χ1) is 9.13. The van der Waals surface area contributed by atoms with Gasteiger partial charge < -0.3 is 0 Å². The van der Waals surface area contributed by atoms with Crippen molar-refractivity contribution in [2.45, 2.75) is 39.0 Å². The van der Waals surface area contributed by atoms with Gasteiger partial charge in [-0.05, 0) is 38.6 Å². The highest BCUT2D eigenvalue weighted by Crippen LogP contribution is 2.20.